The van der Waals surface area contributed by atoms with E-state index in [4.69, 9.17) is 0 Å². The summed E-state index contributed by atoms with van der Waals surface area (Å²) in [5.41, 5.74) is 1.55. The number of thioether (sulfide) groups is 1. The minimum atomic E-state index is 0.386. The normalized spacial score (nSPS) is 16.3. The average molecular weight is 293 g/mol. The summed E-state index contributed by atoms with van der Waals surface area (Å²) in [4.78, 5) is 10.6. The Morgan fingerprint density at radius 1 is 1.53 bits per heavy atom. The summed E-state index contributed by atoms with van der Waals surface area (Å²) >= 11 is 4.04. The van der Waals surface area contributed by atoms with Crippen molar-refractivity contribution in [1.29, 1.82) is 0 Å². The van der Waals surface area contributed by atoms with Crippen molar-refractivity contribution in [2.75, 3.05) is 12.3 Å². The molecule has 2 N–H and O–H groups in total. The second kappa shape index (κ2) is 6.11. The van der Waals surface area contributed by atoms with Gasteiger partial charge in [0.25, 0.3) is 0 Å². The third-order valence-electron chi connectivity index (χ3n) is 3.39. The number of nitrogens with one attached hydrogen (secondary N) is 2. The molecular weight excluding hydrogens is 274 g/mol. The number of fused-ring (bicyclic) bond motifs is 1. The molecule has 0 bridgehead atoms. The van der Waals surface area contributed by atoms with Crippen LogP contribution in [-0.4, -0.2) is 22.3 Å². The first-order chi connectivity index (χ1) is 9.36. The summed E-state index contributed by atoms with van der Waals surface area (Å²) in [5, 5.41) is 3.59. The average Bonchev–Trinajstić information content (AvgIpc) is 3.06. The molecule has 0 aromatic carbocycles. The molecule has 0 saturated heterocycles. The number of aryl methyl sites for hydroxylation is 1. The maximum atomic E-state index is 4.35. The summed E-state index contributed by atoms with van der Waals surface area (Å²) in [7, 11) is 0. The highest BCUT2D eigenvalue weighted by Crippen LogP contribution is 2.35. The van der Waals surface area contributed by atoms with Crippen molar-refractivity contribution in [1.82, 2.24) is 15.3 Å². The van der Waals surface area contributed by atoms with Crippen molar-refractivity contribution in [3.05, 3.63) is 39.6 Å². The summed E-state index contributed by atoms with van der Waals surface area (Å²) in [6.07, 6.45) is 5.90. The highest BCUT2D eigenvalue weighted by molar-refractivity contribution is 7.98. The maximum absolute atomic E-state index is 4.35. The van der Waals surface area contributed by atoms with Gasteiger partial charge in [0.2, 0.25) is 0 Å². The van der Waals surface area contributed by atoms with Crippen LogP contribution in [0, 0.1) is 0 Å². The quantitative estimate of drug-likeness (QED) is 0.889. The fourth-order valence-electron chi connectivity index (χ4n) is 2.46. The van der Waals surface area contributed by atoms with Gasteiger partial charge in [0.15, 0.2) is 0 Å². The first-order valence-corrected chi connectivity index (χ1v) is 8.74. The van der Waals surface area contributed by atoms with E-state index in [0.717, 1.165) is 18.8 Å². The van der Waals surface area contributed by atoms with Crippen molar-refractivity contribution in [2.24, 2.45) is 0 Å². The second-order valence-corrected chi connectivity index (χ2v) is 7.02. The van der Waals surface area contributed by atoms with Crippen LogP contribution in [-0.2, 0) is 18.6 Å². The van der Waals surface area contributed by atoms with E-state index in [1.54, 1.807) is 10.4 Å². The Morgan fingerprint density at radius 3 is 3.21 bits per heavy atom. The summed E-state index contributed by atoms with van der Waals surface area (Å²) in [6.45, 7) is 3.15. The van der Waals surface area contributed by atoms with Crippen LogP contribution in [0.25, 0.3) is 0 Å². The van der Waals surface area contributed by atoms with Crippen LogP contribution in [0.5, 0.6) is 0 Å². The number of aromatic nitrogens is 2. The second-order valence-electron chi connectivity index (χ2n) is 4.75. The first-order valence-electron chi connectivity index (χ1n) is 6.77. The number of thiophene rings is 1. The summed E-state index contributed by atoms with van der Waals surface area (Å²) < 4.78 is 0. The Labute approximate surface area is 122 Å². The Kier molecular flexibility index (Phi) is 4.25. The van der Waals surface area contributed by atoms with Gasteiger partial charge in [0, 0.05) is 40.4 Å². The van der Waals surface area contributed by atoms with Crippen LogP contribution >= 0.6 is 23.1 Å². The van der Waals surface area contributed by atoms with Crippen molar-refractivity contribution in [2.45, 2.75) is 31.6 Å². The minimum Gasteiger partial charge on any atom is -0.349 e. The minimum absolute atomic E-state index is 0.386. The van der Waals surface area contributed by atoms with Crippen LogP contribution in [0.4, 0.5) is 0 Å². The molecule has 2 aromatic rings. The highest BCUT2D eigenvalue weighted by Gasteiger charge is 2.19. The van der Waals surface area contributed by atoms with E-state index in [-0.39, 0.29) is 0 Å². The van der Waals surface area contributed by atoms with Gasteiger partial charge in [-0.3, -0.25) is 0 Å². The largest absolute Gasteiger partial charge is 0.349 e. The molecule has 1 atom stereocenters. The van der Waals surface area contributed by atoms with Gasteiger partial charge >= 0.3 is 0 Å². The fraction of sp³-hybridized carbons (Fsp3) is 0.500. The van der Waals surface area contributed by atoms with E-state index in [0.29, 0.717) is 6.04 Å². The standard InChI is InChI=1S/C14H19N3S2/c1-2-15-11(8-14-16-4-5-17-14)13-7-10-9-18-6-3-12(10)19-13/h4-5,7,11,15H,2-3,6,8-9H2,1H3,(H,16,17). The van der Waals surface area contributed by atoms with E-state index in [9.17, 15) is 0 Å². The summed E-state index contributed by atoms with van der Waals surface area (Å²) in [6, 6.07) is 2.79. The van der Waals surface area contributed by atoms with Crippen molar-refractivity contribution >= 4 is 23.1 Å². The number of imidazole rings is 1. The number of rotatable bonds is 5. The van der Waals surface area contributed by atoms with Gasteiger partial charge in [-0.1, -0.05) is 6.92 Å². The van der Waals surface area contributed by atoms with Gasteiger partial charge in [-0.05, 0) is 30.3 Å². The number of nitrogens with zero attached hydrogens (tertiary/aromatic N) is 1. The molecule has 5 heteroatoms. The molecule has 3 rings (SSSR count). The van der Waals surface area contributed by atoms with Crippen molar-refractivity contribution in [3.8, 4) is 0 Å². The number of hydrogen-bond donors (Lipinski definition) is 2. The van der Waals surface area contributed by atoms with Crippen LogP contribution in [0.3, 0.4) is 0 Å². The van der Waals surface area contributed by atoms with Crippen molar-refractivity contribution < 1.29 is 0 Å². The number of likely N-dealkylation sites (N-methyl/N-ethyl adjacent to an activating group) is 1. The van der Waals surface area contributed by atoms with E-state index in [2.05, 4.69) is 28.3 Å². The molecule has 0 saturated carbocycles. The molecule has 0 aliphatic carbocycles. The maximum Gasteiger partial charge on any atom is 0.107 e. The lowest BCUT2D eigenvalue weighted by Crippen LogP contribution is -2.22. The van der Waals surface area contributed by atoms with Crippen LogP contribution in [0.1, 0.15) is 34.1 Å². The molecule has 19 heavy (non-hydrogen) atoms. The Bertz CT molecular complexity index is 495. The molecular formula is C14H19N3S2. The van der Waals surface area contributed by atoms with E-state index in [1.807, 2.05) is 35.5 Å². The zero-order valence-corrected chi connectivity index (χ0v) is 12.7. The molecule has 0 fully saturated rings. The zero-order valence-electron chi connectivity index (χ0n) is 11.1. The molecule has 3 nitrogen and oxygen atoms in total. The van der Waals surface area contributed by atoms with Crippen LogP contribution in [0.2, 0.25) is 0 Å². The molecule has 3 heterocycles. The van der Waals surface area contributed by atoms with Gasteiger partial charge in [-0.15, -0.1) is 11.3 Å². The monoisotopic (exact) mass is 293 g/mol. The lowest BCUT2D eigenvalue weighted by Gasteiger charge is -2.14. The Morgan fingerprint density at radius 2 is 2.47 bits per heavy atom. The topological polar surface area (TPSA) is 40.7 Å². The molecule has 0 amide bonds. The molecule has 1 aliphatic heterocycles. The molecule has 0 radical (unpaired) electrons. The predicted octanol–water partition coefficient (Wildman–Crippen LogP) is 3.15. The lowest BCUT2D eigenvalue weighted by atomic mass is 10.1. The van der Waals surface area contributed by atoms with Crippen molar-refractivity contribution in [3.63, 3.8) is 0 Å². The number of H-pyrrole nitrogens is 1. The predicted molar refractivity (Wildman–Crippen MR) is 82.9 cm³/mol. The van der Waals surface area contributed by atoms with Gasteiger partial charge in [0.1, 0.15) is 5.82 Å². The third-order valence-corrected chi connectivity index (χ3v) is 5.75. The van der Waals surface area contributed by atoms with Gasteiger partial charge in [-0.25, -0.2) is 4.98 Å². The number of hydrogen-bond acceptors (Lipinski definition) is 4. The SMILES string of the molecule is CCNC(Cc1ncc[nH]1)c1cc2c(s1)CCSC2. The molecule has 1 aliphatic rings. The molecule has 2 aromatic heterocycles. The van der Waals surface area contributed by atoms with E-state index in [1.165, 1.54) is 22.8 Å². The highest BCUT2D eigenvalue weighted by atomic mass is 32.2. The third kappa shape index (κ3) is 3.04. The fourth-order valence-corrected chi connectivity index (χ4v) is 4.92. The zero-order chi connectivity index (χ0) is 13.1. The van der Waals surface area contributed by atoms with Gasteiger partial charge in [-0.2, -0.15) is 11.8 Å². The lowest BCUT2D eigenvalue weighted by molar-refractivity contribution is 0.547. The Balaban J connectivity index is 1.80. The van der Waals surface area contributed by atoms with E-state index < -0.39 is 0 Å². The molecule has 1 unspecified atom stereocenters. The Hall–Kier alpha value is -0.780. The molecule has 0 spiro atoms. The number of aromatic amines is 1. The van der Waals surface area contributed by atoms with Crippen LogP contribution < -0.4 is 5.32 Å². The van der Waals surface area contributed by atoms with Gasteiger partial charge in [0.05, 0.1) is 0 Å². The smallest absolute Gasteiger partial charge is 0.107 e. The first kappa shape index (κ1) is 13.2. The molecule has 102 valence electrons. The summed E-state index contributed by atoms with van der Waals surface area (Å²) in [5.74, 6) is 3.52. The van der Waals surface area contributed by atoms with E-state index >= 15 is 0 Å². The van der Waals surface area contributed by atoms with Gasteiger partial charge < -0.3 is 10.3 Å². The van der Waals surface area contributed by atoms with Crippen LogP contribution in [0.15, 0.2) is 18.5 Å².